The van der Waals surface area contributed by atoms with Crippen molar-refractivity contribution in [3.63, 3.8) is 0 Å². The monoisotopic (exact) mass is 371 g/mol. The summed E-state index contributed by atoms with van der Waals surface area (Å²) < 4.78 is 18.4. The van der Waals surface area contributed by atoms with Gasteiger partial charge in [0, 0.05) is 17.7 Å². The standard InChI is InChI=1S/C21H26FN3O2/c1-5-25(6-2)14-18-13-17(9-12-20(18)27-4)15(3)23-24-21(26)16-7-10-19(22)11-8-16/h7-13H,5-6,14H2,1-4H3,(H,24,26)/b23-15-. The summed E-state index contributed by atoms with van der Waals surface area (Å²) in [6, 6.07) is 11.2. The van der Waals surface area contributed by atoms with Crippen molar-refractivity contribution in [3.05, 3.63) is 65.0 Å². The third-order valence-electron chi connectivity index (χ3n) is 4.42. The molecule has 0 aliphatic rings. The van der Waals surface area contributed by atoms with Crippen molar-refractivity contribution < 1.29 is 13.9 Å². The van der Waals surface area contributed by atoms with Crippen molar-refractivity contribution >= 4 is 11.6 Å². The van der Waals surface area contributed by atoms with Crippen molar-refractivity contribution in [3.8, 4) is 5.75 Å². The maximum atomic E-state index is 13.0. The highest BCUT2D eigenvalue weighted by Gasteiger charge is 2.10. The summed E-state index contributed by atoms with van der Waals surface area (Å²) in [5.41, 5.74) is 5.51. The molecule has 6 heteroatoms. The molecule has 2 aromatic rings. The lowest BCUT2D eigenvalue weighted by atomic mass is 10.1. The molecule has 0 saturated heterocycles. The molecule has 0 heterocycles. The van der Waals surface area contributed by atoms with E-state index in [-0.39, 0.29) is 11.7 Å². The van der Waals surface area contributed by atoms with Crippen LogP contribution in [0, 0.1) is 5.82 Å². The Hall–Kier alpha value is -2.73. The average molecular weight is 371 g/mol. The van der Waals surface area contributed by atoms with E-state index in [1.807, 2.05) is 25.1 Å². The number of benzene rings is 2. The molecule has 0 aliphatic heterocycles. The fourth-order valence-corrected chi connectivity index (χ4v) is 2.68. The quantitative estimate of drug-likeness (QED) is 0.567. The minimum absolute atomic E-state index is 0.352. The molecule has 0 bridgehead atoms. The Balaban J connectivity index is 2.16. The molecule has 0 unspecified atom stereocenters. The number of nitrogens with zero attached hydrogens (tertiary/aromatic N) is 2. The summed E-state index contributed by atoms with van der Waals surface area (Å²) in [5.74, 6) is 0.0604. The van der Waals surface area contributed by atoms with Crippen molar-refractivity contribution in [1.29, 1.82) is 0 Å². The molecule has 0 radical (unpaired) electrons. The largest absolute Gasteiger partial charge is 0.496 e. The summed E-state index contributed by atoms with van der Waals surface area (Å²) >= 11 is 0. The highest BCUT2D eigenvalue weighted by molar-refractivity contribution is 6.01. The lowest BCUT2D eigenvalue weighted by Crippen LogP contribution is -2.22. The van der Waals surface area contributed by atoms with E-state index in [4.69, 9.17) is 4.74 Å². The second kappa shape index (κ2) is 9.83. The Morgan fingerprint density at radius 3 is 2.33 bits per heavy atom. The van der Waals surface area contributed by atoms with Gasteiger partial charge in [-0.3, -0.25) is 9.69 Å². The number of carbonyl (C=O) groups excluding carboxylic acids is 1. The maximum Gasteiger partial charge on any atom is 0.271 e. The number of hydrogen-bond acceptors (Lipinski definition) is 4. The molecule has 2 rings (SSSR count). The molecule has 0 aliphatic carbocycles. The fraction of sp³-hybridized carbons (Fsp3) is 0.333. The molecule has 27 heavy (non-hydrogen) atoms. The Morgan fingerprint density at radius 1 is 1.11 bits per heavy atom. The highest BCUT2D eigenvalue weighted by atomic mass is 19.1. The number of amides is 1. The fourth-order valence-electron chi connectivity index (χ4n) is 2.68. The third-order valence-corrected chi connectivity index (χ3v) is 4.42. The smallest absolute Gasteiger partial charge is 0.271 e. The maximum absolute atomic E-state index is 13.0. The van der Waals surface area contributed by atoms with Crippen LogP contribution >= 0.6 is 0 Å². The van der Waals surface area contributed by atoms with E-state index in [1.165, 1.54) is 24.3 Å². The van der Waals surface area contributed by atoms with Crippen molar-refractivity contribution in [2.24, 2.45) is 5.10 Å². The minimum Gasteiger partial charge on any atom is -0.496 e. The van der Waals surface area contributed by atoms with E-state index < -0.39 is 0 Å². The molecule has 2 aromatic carbocycles. The first kappa shape index (κ1) is 20.6. The van der Waals surface area contributed by atoms with Crippen LogP contribution in [0.15, 0.2) is 47.6 Å². The average Bonchev–Trinajstić information content (AvgIpc) is 2.70. The van der Waals surface area contributed by atoms with E-state index in [0.29, 0.717) is 11.3 Å². The molecule has 0 aromatic heterocycles. The van der Waals surface area contributed by atoms with Gasteiger partial charge in [-0.2, -0.15) is 5.10 Å². The first-order chi connectivity index (χ1) is 13.0. The van der Waals surface area contributed by atoms with E-state index in [1.54, 1.807) is 7.11 Å². The van der Waals surface area contributed by atoms with Gasteiger partial charge in [-0.1, -0.05) is 13.8 Å². The SMILES string of the molecule is CCN(CC)Cc1cc(/C(C)=N\NC(=O)c2ccc(F)cc2)ccc1OC. The first-order valence-corrected chi connectivity index (χ1v) is 8.98. The molecule has 0 spiro atoms. The second-order valence-electron chi connectivity index (χ2n) is 6.13. The van der Waals surface area contributed by atoms with Crippen LogP contribution in [0.1, 0.15) is 42.3 Å². The molecule has 0 atom stereocenters. The van der Waals surface area contributed by atoms with Gasteiger partial charge in [-0.15, -0.1) is 0 Å². The summed E-state index contributed by atoms with van der Waals surface area (Å²) in [6.07, 6.45) is 0. The molecule has 1 amide bonds. The van der Waals surface area contributed by atoms with Crippen LogP contribution in [-0.4, -0.2) is 36.7 Å². The lowest BCUT2D eigenvalue weighted by Gasteiger charge is -2.20. The van der Waals surface area contributed by atoms with Gasteiger partial charge in [0.15, 0.2) is 0 Å². The Kier molecular flexibility index (Phi) is 7.49. The van der Waals surface area contributed by atoms with Crippen molar-refractivity contribution in [2.45, 2.75) is 27.3 Å². The van der Waals surface area contributed by atoms with Gasteiger partial charge >= 0.3 is 0 Å². The number of carbonyl (C=O) groups is 1. The number of hydrazone groups is 1. The van der Waals surface area contributed by atoms with E-state index in [2.05, 4.69) is 29.3 Å². The lowest BCUT2D eigenvalue weighted by molar-refractivity contribution is 0.0955. The van der Waals surface area contributed by atoms with Gasteiger partial charge in [0.2, 0.25) is 0 Å². The predicted molar refractivity (Wildman–Crippen MR) is 106 cm³/mol. The summed E-state index contributed by atoms with van der Waals surface area (Å²) in [6.45, 7) is 8.75. The Morgan fingerprint density at radius 2 is 1.74 bits per heavy atom. The summed E-state index contributed by atoms with van der Waals surface area (Å²) in [5, 5.41) is 4.18. The number of hydrogen-bond donors (Lipinski definition) is 1. The minimum atomic E-state index is -0.384. The topological polar surface area (TPSA) is 53.9 Å². The van der Waals surface area contributed by atoms with Crippen LogP contribution in [-0.2, 0) is 6.54 Å². The first-order valence-electron chi connectivity index (χ1n) is 8.98. The van der Waals surface area contributed by atoms with E-state index in [0.717, 1.165) is 36.5 Å². The molecular weight excluding hydrogens is 345 g/mol. The van der Waals surface area contributed by atoms with Gasteiger partial charge < -0.3 is 4.74 Å². The Bertz CT molecular complexity index is 800. The zero-order valence-corrected chi connectivity index (χ0v) is 16.3. The van der Waals surface area contributed by atoms with Gasteiger partial charge in [0.05, 0.1) is 12.8 Å². The molecule has 1 N–H and O–H groups in total. The van der Waals surface area contributed by atoms with Crippen molar-refractivity contribution in [2.75, 3.05) is 20.2 Å². The number of halogens is 1. The zero-order chi connectivity index (χ0) is 19.8. The van der Waals surface area contributed by atoms with Gasteiger partial charge in [-0.25, -0.2) is 9.82 Å². The van der Waals surface area contributed by atoms with Crippen molar-refractivity contribution in [1.82, 2.24) is 10.3 Å². The van der Waals surface area contributed by atoms with Crippen LogP contribution in [0.25, 0.3) is 0 Å². The molecule has 0 fully saturated rings. The van der Waals surface area contributed by atoms with Gasteiger partial charge in [-0.05, 0) is 68.0 Å². The van der Waals surface area contributed by atoms with Gasteiger partial charge in [0.25, 0.3) is 5.91 Å². The number of rotatable bonds is 8. The molecule has 144 valence electrons. The summed E-state index contributed by atoms with van der Waals surface area (Å²) in [7, 11) is 1.66. The normalized spacial score (nSPS) is 11.6. The van der Waals surface area contributed by atoms with Gasteiger partial charge in [0.1, 0.15) is 11.6 Å². The second-order valence-corrected chi connectivity index (χ2v) is 6.13. The summed E-state index contributed by atoms with van der Waals surface area (Å²) in [4.78, 5) is 14.4. The highest BCUT2D eigenvalue weighted by Crippen LogP contribution is 2.22. The van der Waals surface area contributed by atoms with E-state index in [9.17, 15) is 9.18 Å². The third kappa shape index (κ3) is 5.62. The number of nitrogens with one attached hydrogen (secondary N) is 1. The number of ether oxygens (including phenoxy) is 1. The molecule has 0 saturated carbocycles. The molecule has 5 nitrogen and oxygen atoms in total. The predicted octanol–water partition coefficient (Wildman–Crippen LogP) is 3.83. The van der Waals surface area contributed by atoms with Crippen LogP contribution in [0.5, 0.6) is 5.75 Å². The number of methoxy groups -OCH3 is 1. The van der Waals surface area contributed by atoms with E-state index >= 15 is 0 Å². The van der Waals surface area contributed by atoms with Crippen LogP contribution in [0.4, 0.5) is 4.39 Å². The van der Waals surface area contributed by atoms with Crippen LogP contribution in [0.3, 0.4) is 0 Å². The van der Waals surface area contributed by atoms with Crippen LogP contribution in [0.2, 0.25) is 0 Å². The Labute approximate surface area is 159 Å². The molecular formula is C21H26FN3O2. The van der Waals surface area contributed by atoms with Crippen LogP contribution < -0.4 is 10.2 Å². The zero-order valence-electron chi connectivity index (χ0n) is 16.3.